The minimum atomic E-state index is -4.40. The molecule has 0 atom stereocenters. The van der Waals surface area contributed by atoms with E-state index in [2.05, 4.69) is 5.32 Å². The summed E-state index contributed by atoms with van der Waals surface area (Å²) in [6.07, 6.45) is -4.40. The van der Waals surface area contributed by atoms with Gasteiger partial charge in [-0.1, -0.05) is 0 Å². The first kappa shape index (κ1) is 15.2. The summed E-state index contributed by atoms with van der Waals surface area (Å²) in [5.41, 5.74) is 0.244. The Morgan fingerprint density at radius 2 is 1.81 bits per heavy atom. The third-order valence-corrected chi connectivity index (χ3v) is 3.06. The first-order valence-electron chi connectivity index (χ1n) is 6.29. The van der Waals surface area contributed by atoms with E-state index in [0.717, 1.165) is 35.6 Å². The van der Waals surface area contributed by atoms with Gasteiger partial charge in [0.05, 0.1) is 5.56 Å². The van der Waals surface area contributed by atoms with E-state index in [-0.39, 0.29) is 12.1 Å². The van der Waals surface area contributed by atoms with Gasteiger partial charge in [0.25, 0.3) is 5.91 Å². The van der Waals surface area contributed by atoms with Crippen LogP contribution in [-0.4, -0.2) is 5.91 Å². The van der Waals surface area contributed by atoms with Crippen LogP contribution in [0.2, 0.25) is 0 Å². The molecule has 3 nitrogen and oxygen atoms in total. The zero-order chi connectivity index (χ0) is 15.6. The van der Waals surface area contributed by atoms with Crippen LogP contribution in [0.15, 0.2) is 34.7 Å². The number of benzene rings is 1. The molecule has 0 unspecified atom stereocenters. The molecule has 1 aromatic heterocycles. The molecule has 0 aliphatic heterocycles. The van der Waals surface area contributed by atoms with Crippen molar-refractivity contribution in [3.8, 4) is 0 Å². The number of halogens is 3. The van der Waals surface area contributed by atoms with Crippen molar-refractivity contribution < 1.29 is 22.4 Å². The van der Waals surface area contributed by atoms with Gasteiger partial charge >= 0.3 is 6.18 Å². The normalized spacial score (nSPS) is 11.5. The molecule has 2 aromatic rings. The Labute approximate surface area is 119 Å². The van der Waals surface area contributed by atoms with Gasteiger partial charge in [0, 0.05) is 17.7 Å². The highest BCUT2D eigenvalue weighted by atomic mass is 19.4. The molecule has 1 amide bonds. The standard InChI is InChI=1S/C15H14F3NO2/c1-9-7-12(10(2)21-9)8-19-14(20)11-3-5-13(6-4-11)15(16,17)18/h3-7H,8H2,1-2H3,(H,19,20). The molecule has 1 N–H and O–H groups in total. The van der Waals surface area contributed by atoms with Gasteiger partial charge in [-0.05, 0) is 44.2 Å². The van der Waals surface area contributed by atoms with E-state index in [0.29, 0.717) is 5.76 Å². The molecule has 1 aromatic carbocycles. The van der Waals surface area contributed by atoms with Crippen molar-refractivity contribution >= 4 is 5.91 Å². The summed E-state index contributed by atoms with van der Waals surface area (Å²) in [7, 11) is 0. The highest BCUT2D eigenvalue weighted by Gasteiger charge is 2.30. The van der Waals surface area contributed by atoms with Gasteiger partial charge in [-0.3, -0.25) is 4.79 Å². The number of hydrogen-bond donors (Lipinski definition) is 1. The SMILES string of the molecule is Cc1cc(CNC(=O)c2ccc(C(F)(F)F)cc2)c(C)o1. The lowest BCUT2D eigenvalue weighted by Crippen LogP contribution is -2.23. The number of aryl methyl sites for hydroxylation is 2. The van der Waals surface area contributed by atoms with Crippen LogP contribution in [0.4, 0.5) is 13.2 Å². The highest BCUT2D eigenvalue weighted by Crippen LogP contribution is 2.29. The first-order valence-corrected chi connectivity index (χ1v) is 6.29. The van der Waals surface area contributed by atoms with Crippen LogP contribution in [0.1, 0.15) is 33.0 Å². The van der Waals surface area contributed by atoms with Gasteiger partial charge in [-0.25, -0.2) is 0 Å². The van der Waals surface area contributed by atoms with Crippen LogP contribution >= 0.6 is 0 Å². The highest BCUT2D eigenvalue weighted by molar-refractivity contribution is 5.94. The molecule has 0 aliphatic carbocycles. The van der Waals surface area contributed by atoms with E-state index in [9.17, 15) is 18.0 Å². The lowest BCUT2D eigenvalue weighted by Gasteiger charge is -2.08. The molecule has 0 fully saturated rings. The average molecular weight is 297 g/mol. The maximum absolute atomic E-state index is 12.4. The van der Waals surface area contributed by atoms with E-state index < -0.39 is 17.6 Å². The number of hydrogen-bond acceptors (Lipinski definition) is 2. The Morgan fingerprint density at radius 3 is 2.29 bits per heavy atom. The van der Waals surface area contributed by atoms with Crippen molar-refractivity contribution in [2.45, 2.75) is 26.6 Å². The molecule has 6 heteroatoms. The quantitative estimate of drug-likeness (QED) is 0.935. The van der Waals surface area contributed by atoms with Crippen molar-refractivity contribution in [1.82, 2.24) is 5.32 Å². The molecule has 0 saturated heterocycles. The summed E-state index contributed by atoms with van der Waals surface area (Å²) in [5.74, 6) is 1.02. The Morgan fingerprint density at radius 1 is 1.19 bits per heavy atom. The second kappa shape index (κ2) is 5.63. The minimum Gasteiger partial charge on any atom is -0.466 e. The molecular weight excluding hydrogens is 283 g/mol. The fourth-order valence-electron chi connectivity index (χ4n) is 1.95. The van der Waals surface area contributed by atoms with Gasteiger partial charge in [-0.15, -0.1) is 0 Å². The van der Waals surface area contributed by atoms with Crippen LogP contribution in [-0.2, 0) is 12.7 Å². The fourth-order valence-corrected chi connectivity index (χ4v) is 1.95. The zero-order valence-electron chi connectivity index (χ0n) is 11.5. The zero-order valence-corrected chi connectivity index (χ0v) is 11.5. The number of rotatable bonds is 3. The Bertz CT molecular complexity index is 642. The van der Waals surface area contributed by atoms with Crippen LogP contribution in [0.5, 0.6) is 0 Å². The predicted molar refractivity (Wildman–Crippen MR) is 70.8 cm³/mol. The van der Waals surface area contributed by atoms with Crippen LogP contribution < -0.4 is 5.32 Å². The number of furan rings is 1. The number of nitrogens with one attached hydrogen (secondary N) is 1. The number of carbonyl (C=O) groups is 1. The Hall–Kier alpha value is -2.24. The van der Waals surface area contributed by atoms with Crippen molar-refractivity contribution in [2.24, 2.45) is 0 Å². The number of amides is 1. The van der Waals surface area contributed by atoms with E-state index >= 15 is 0 Å². The van der Waals surface area contributed by atoms with E-state index in [1.807, 2.05) is 6.07 Å². The smallest absolute Gasteiger partial charge is 0.416 e. The maximum Gasteiger partial charge on any atom is 0.416 e. The summed E-state index contributed by atoms with van der Waals surface area (Å²) in [5, 5.41) is 2.65. The Kier molecular flexibility index (Phi) is 4.06. The van der Waals surface area contributed by atoms with Crippen molar-refractivity contribution in [1.29, 1.82) is 0 Å². The van der Waals surface area contributed by atoms with Crippen molar-refractivity contribution in [3.63, 3.8) is 0 Å². The largest absolute Gasteiger partial charge is 0.466 e. The van der Waals surface area contributed by atoms with Gasteiger partial charge in [0.2, 0.25) is 0 Å². The topological polar surface area (TPSA) is 42.2 Å². The Balaban J connectivity index is 2.02. The summed E-state index contributed by atoms with van der Waals surface area (Å²) >= 11 is 0. The first-order chi connectivity index (χ1) is 9.77. The predicted octanol–water partition coefficient (Wildman–Crippen LogP) is 3.85. The summed E-state index contributed by atoms with van der Waals surface area (Å²) in [4.78, 5) is 11.9. The lowest BCUT2D eigenvalue weighted by molar-refractivity contribution is -0.137. The molecule has 0 bridgehead atoms. The molecule has 2 rings (SSSR count). The van der Waals surface area contributed by atoms with E-state index in [1.165, 1.54) is 0 Å². The second-order valence-corrected chi connectivity index (χ2v) is 4.70. The second-order valence-electron chi connectivity index (χ2n) is 4.70. The molecule has 112 valence electrons. The van der Waals surface area contributed by atoms with E-state index in [4.69, 9.17) is 4.42 Å². The van der Waals surface area contributed by atoms with Crippen LogP contribution in [0, 0.1) is 13.8 Å². The van der Waals surface area contributed by atoms with Crippen molar-refractivity contribution in [3.05, 3.63) is 58.5 Å². The van der Waals surface area contributed by atoms with E-state index in [1.54, 1.807) is 13.8 Å². The third kappa shape index (κ3) is 3.65. The van der Waals surface area contributed by atoms with Crippen molar-refractivity contribution in [2.75, 3.05) is 0 Å². The van der Waals surface area contributed by atoms with Gasteiger partial charge in [0.15, 0.2) is 0 Å². The van der Waals surface area contributed by atoms with Crippen LogP contribution in [0.3, 0.4) is 0 Å². The van der Waals surface area contributed by atoms with Gasteiger partial charge in [0.1, 0.15) is 11.5 Å². The van der Waals surface area contributed by atoms with Gasteiger partial charge < -0.3 is 9.73 Å². The molecule has 1 heterocycles. The van der Waals surface area contributed by atoms with Crippen LogP contribution in [0.25, 0.3) is 0 Å². The number of alkyl halides is 3. The third-order valence-electron chi connectivity index (χ3n) is 3.06. The monoisotopic (exact) mass is 297 g/mol. The molecule has 21 heavy (non-hydrogen) atoms. The fraction of sp³-hybridized carbons (Fsp3) is 0.267. The molecular formula is C15H14F3NO2. The molecule has 0 saturated carbocycles. The summed E-state index contributed by atoms with van der Waals surface area (Å²) in [6, 6.07) is 5.91. The minimum absolute atomic E-state index is 0.181. The molecule has 0 aliphatic rings. The maximum atomic E-state index is 12.4. The lowest BCUT2D eigenvalue weighted by atomic mass is 10.1. The molecule has 0 radical (unpaired) electrons. The van der Waals surface area contributed by atoms with Gasteiger partial charge in [-0.2, -0.15) is 13.2 Å². The summed E-state index contributed by atoms with van der Waals surface area (Å²) in [6.45, 7) is 3.85. The number of carbonyl (C=O) groups excluding carboxylic acids is 1. The average Bonchev–Trinajstić information content (AvgIpc) is 2.73. The molecule has 0 spiro atoms. The summed E-state index contributed by atoms with van der Waals surface area (Å²) < 4.78 is 42.6.